The highest BCUT2D eigenvalue weighted by molar-refractivity contribution is 4.97. The van der Waals surface area contributed by atoms with Crippen molar-refractivity contribution < 1.29 is 4.74 Å². The van der Waals surface area contributed by atoms with Crippen molar-refractivity contribution in [2.24, 2.45) is 0 Å². The molecule has 0 aromatic carbocycles. The van der Waals surface area contributed by atoms with Gasteiger partial charge in [-0.1, -0.05) is 25.8 Å². The minimum atomic E-state index is 0.850. The summed E-state index contributed by atoms with van der Waals surface area (Å²) in [6.45, 7) is 5.88. The Morgan fingerprint density at radius 1 is 1.42 bits per heavy atom. The normalized spacial score (nSPS) is 11.3. The molecule has 0 aliphatic heterocycles. The van der Waals surface area contributed by atoms with Crippen LogP contribution in [-0.2, 0) is 4.74 Å². The number of allylic oxidation sites excluding steroid dienone is 2. The van der Waals surface area contributed by atoms with Crippen LogP contribution in [0.2, 0.25) is 0 Å². The highest BCUT2D eigenvalue weighted by Crippen LogP contribution is 2.07. The fraction of sp³-hybridized carbons (Fsp3) is 0.636. The third-order valence-corrected chi connectivity index (χ3v) is 1.79. The van der Waals surface area contributed by atoms with Crippen molar-refractivity contribution in [2.75, 3.05) is 7.11 Å². The van der Waals surface area contributed by atoms with Gasteiger partial charge in [0.1, 0.15) is 0 Å². The van der Waals surface area contributed by atoms with Crippen LogP contribution in [0, 0.1) is 0 Å². The van der Waals surface area contributed by atoms with Crippen LogP contribution in [0.5, 0.6) is 0 Å². The maximum Gasteiger partial charge on any atom is 0.0953 e. The minimum absolute atomic E-state index is 0.850. The van der Waals surface area contributed by atoms with Crippen LogP contribution in [0.4, 0.5) is 0 Å². The van der Waals surface area contributed by atoms with Crippen molar-refractivity contribution >= 4 is 0 Å². The first-order valence-corrected chi connectivity index (χ1v) is 4.69. The first-order valence-electron chi connectivity index (χ1n) is 4.69. The molecule has 1 heteroatoms. The standard InChI is InChI=1S/C11H20O/c1-4-6-7-8-10-11(12-3)9-5-2/h5,10H,2,4,6-9H2,1,3H3. The Bertz CT molecular complexity index is 136. The molecule has 0 aromatic heterocycles. The van der Waals surface area contributed by atoms with Crippen LogP contribution >= 0.6 is 0 Å². The molecule has 0 rings (SSSR count). The van der Waals surface area contributed by atoms with Gasteiger partial charge in [0.15, 0.2) is 0 Å². The maximum absolute atomic E-state index is 5.16. The van der Waals surface area contributed by atoms with Gasteiger partial charge < -0.3 is 4.74 Å². The molecule has 0 fully saturated rings. The lowest BCUT2D eigenvalue weighted by molar-refractivity contribution is 0.283. The fourth-order valence-electron chi connectivity index (χ4n) is 1.05. The van der Waals surface area contributed by atoms with Crippen LogP contribution < -0.4 is 0 Å². The monoisotopic (exact) mass is 168 g/mol. The quantitative estimate of drug-likeness (QED) is 0.320. The summed E-state index contributed by atoms with van der Waals surface area (Å²) in [5.74, 6) is 1.04. The van der Waals surface area contributed by atoms with Crippen LogP contribution in [0.3, 0.4) is 0 Å². The molecule has 0 atom stereocenters. The molecule has 0 aromatic rings. The van der Waals surface area contributed by atoms with Gasteiger partial charge in [-0.2, -0.15) is 0 Å². The summed E-state index contributed by atoms with van der Waals surface area (Å²) in [5.41, 5.74) is 0. The number of ether oxygens (including phenoxy) is 1. The van der Waals surface area contributed by atoms with Gasteiger partial charge in [0, 0.05) is 6.42 Å². The molecule has 0 N–H and O–H groups in total. The molecule has 0 aliphatic carbocycles. The third kappa shape index (κ3) is 6.02. The molecule has 0 radical (unpaired) electrons. The molecule has 0 unspecified atom stereocenters. The molecule has 0 spiro atoms. The maximum atomic E-state index is 5.16. The third-order valence-electron chi connectivity index (χ3n) is 1.79. The molecule has 0 heterocycles. The summed E-state index contributed by atoms with van der Waals surface area (Å²) < 4.78 is 5.16. The van der Waals surface area contributed by atoms with Crippen molar-refractivity contribution in [1.29, 1.82) is 0 Å². The van der Waals surface area contributed by atoms with Gasteiger partial charge in [-0.3, -0.25) is 0 Å². The molecule has 1 nitrogen and oxygen atoms in total. The summed E-state index contributed by atoms with van der Waals surface area (Å²) >= 11 is 0. The highest BCUT2D eigenvalue weighted by atomic mass is 16.5. The van der Waals surface area contributed by atoms with Gasteiger partial charge in [-0.15, -0.1) is 6.58 Å². The minimum Gasteiger partial charge on any atom is -0.501 e. The molecule has 0 saturated heterocycles. The van der Waals surface area contributed by atoms with E-state index in [0.717, 1.165) is 18.6 Å². The fourth-order valence-corrected chi connectivity index (χ4v) is 1.05. The first-order chi connectivity index (χ1) is 5.85. The summed E-state index contributed by atoms with van der Waals surface area (Å²) in [6.07, 6.45) is 9.86. The van der Waals surface area contributed by atoms with E-state index in [4.69, 9.17) is 4.74 Å². The topological polar surface area (TPSA) is 9.23 Å². The van der Waals surface area contributed by atoms with E-state index in [1.54, 1.807) is 7.11 Å². The molecule has 0 amide bonds. The van der Waals surface area contributed by atoms with E-state index in [0.29, 0.717) is 0 Å². The van der Waals surface area contributed by atoms with Gasteiger partial charge in [-0.05, 0) is 18.9 Å². The predicted molar refractivity (Wildman–Crippen MR) is 54.0 cm³/mol. The zero-order valence-electron chi connectivity index (χ0n) is 8.31. The number of methoxy groups -OCH3 is 1. The Morgan fingerprint density at radius 3 is 2.67 bits per heavy atom. The molecule has 0 aliphatic rings. The lowest BCUT2D eigenvalue weighted by atomic mass is 10.2. The van der Waals surface area contributed by atoms with Crippen molar-refractivity contribution in [3.63, 3.8) is 0 Å². The molecular weight excluding hydrogens is 148 g/mol. The molecule has 0 saturated carbocycles. The number of hydrogen-bond donors (Lipinski definition) is 0. The Labute approximate surface area is 76.1 Å². The second-order valence-electron chi connectivity index (χ2n) is 2.86. The molecular formula is C11H20O. The van der Waals surface area contributed by atoms with Crippen molar-refractivity contribution in [2.45, 2.75) is 39.0 Å². The molecule has 70 valence electrons. The predicted octanol–water partition coefficient (Wildman–Crippen LogP) is 3.67. The lowest BCUT2D eigenvalue weighted by Crippen LogP contribution is -1.84. The van der Waals surface area contributed by atoms with E-state index < -0.39 is 0 Å². The van der Waals surface area contributed by atoms with Crippen LogP contribution in [-0.4, -0.2) is 7.11 Å². The van der Waals surface area contributed by atoms with Gasteiger partial charge in [0.2, 0.25) is 0 Å². The second kappa shape index (κ2) is 8.38. The van der Waals surface area contributed by atoms with Crippen LogP contribution in [0.15, 0.2) is 24.5 Å². The lowest BCUT2D eigenvalue weighted by Gasteiger charge is -2.02. The molecule has 0 bridgehead atoms. The Hall–Kier alpha value is -0.720. The van der Waals surface area contributed by atoms with Gasteiger partial charge in [0.25, 0.3) is 0 Å². The number of unbranched alkanes of at least 4 members (excludes halogenated alkanes) is 3. The van der Waals surface area contributed by atoms with Gasteiger partial charge in [-0.25, -0.2) is 0 Å². The van der Waals surface area contributed by atoms with E-state index >= 15 is 0 Å². The average Bonchev–Trinajstić information content (AvgIpc) is 2.10. The number of rotatable bonds is 7. The Morgan fingerprint density at radius 2 is 2.17 bits per heavy atom. The van der Waals surface area contributed by atoms with Gasteiger partial charge in [0.05, 0.1) is 12.9 Å². The van der Waals surface area contributed by atoms with Crippen molar-refractivity contribution in [3.05, 3.63) is 24.5 Å². The van der Waals surface area contributed by atoms with E-state index in [1.165, 1.54) is 19.3 Å². The summed E-state index contributed by atoms with van der Waals surface area (Å²) in [4.78, 5) is 0. The summed E-state index contributed by atoms with van der Waals surface area (Å²) in [7, 11) is 1.72. The number of hydrogen-bond acceptors (Lipinski definition) is 1. The van der Waals surface area contributed by atoms with Crippen LogP contribution in [0.25, 0.3) is 0 Å². The van der Waals surface area contributed by atoms with Crippen molar-refractivity contribution in [1.82, 2.24) is 0 Å². The summed E-state index contributed by atoms with van der Waals surface area (Å²) in [6, 6.07) is 0. The van der Waals surface area contributed by atoms with E-state index in [1.807, 2.05) is 6.08 Å². The summed E-state index contributed by atoms with van der Waals surface area (Å²) in [5, 5.41) is 0. The first kappa shape index (κ1) is 11.3. The zero-order chi connectivity index (χ0) is 9.23. The van der Waals surface area contributed by atoms with E-state index in [-0.39, 0.29) is 0 Å². The average molecular weight is 168 g/mol. The largest absolute Gasteiger partial charge is 0.501 e. The van der Waals surface area contributed by atoms with Crippen LogP contribution in [0.1, 0.15) is 39.0 Å². The Kier molecular flexibility index (Phi) is 7.87. The van der Waals surface area contributed by atoms with E-state index in [2.05, 4.69) is 19.6 Å². The van der Waals surface area contributed by atoms with Crippen molar-refractivity contribution in [3.8, 4) is 0 Å². The second-order valence-corrected chi connectivity index (χ2v) is 2.86. The van der Waals surface area contributed by atoms with E-state index in [9.17, 15) is 0 Å². The van der Waals surface area contributed by atoms with Gasteiger partial charge >= 0.3 is 0 Å². The highest BCUT2D eigenvalue weighted by Gasteiger charge is 1.91. The molecule has 12 heavy (non-hydrogen) atoms. The zero-order valence-corrected chi connectivity index (χ0v) is 8.31. The Balaban J connectivity index is 3.54. The SMILES string of the molecule is C=CCC(=CCCCCC)OC. The smallest absolute Gasteiger partial charge is 0.0953 e.